The molecule has 4 fully saturated rings. The van der Waals surface area contributed by atoms with E-state index in [1.807, 2.05) is 36.5 Å². The van der Waals surface area contributed by atoms with Gasteiger partial charge in [-0.15, -0.1) is 0 Å². The summed E-state index contributed by atoms with van der Waals surface area (Å²) in [4.78, 5) is 50.3. The number of nitrogens with one attached hydrogen (secondary N) is 1. The first-order chi connectivity index (χ1) is 38.0. The summed E-state index contributed by atoms with van der Waals surface area (Å²) in [5, 5.41) is 1.95. The highest BCUT2D eigenvalue weighted by molar-refractivity contribution is 6.05. The van der Waals surface area contributed by atoms with Crippen molar-refractivity contribution in [3.05, 3.63) is 114 Å². The minimum atomic E-state index is -0.473. The Balaban J connectivity index is 0.687. The van der Waals surface area contributed by atoms with Crippen molar-refractivity contribution in [3.63, 3.8) is 0 Å². The van der Waals surface area contributed by atoms with Crippen molar-refractivity contribution >= 4 is 51.2 Å². The van der Waals surface area contributed by atoms with E-state index >= 15 is 4.39 Å². The largest absolute Gasteiger partial charge is 0.496 e. The molecule has 5 aliphatic heterocycles. The lowest BCUT2D eigenvalue weighted by Gasteiger charge is -2.41. The monoisotopic (exact) mass is 1070 g/mol. The molecule has 2 aromatic heterocycles. The van der Waals surface area contributed by atoms with Gasteiger partial charge in [-0.25, -0.2) is 19.6 Å². The number of pyridine rings is 1. The lowest BCUT2D eigenvalue weighted by molar-refractivity contribution is -0.130. The van der Waals surface area contributed by atoms with E-state index in [9.17, 15) is 14.0 Å². The van der Waals surface area contributed by atoms with Crippen LogP contribution in [0.5, 0.6) is 5.75 Å². The van der Waals surface area contributed by atoms with E-state index in [1.54, 1.807) is 38.2 Å². The van der Waals surface area contributed by atoms with Gasteiger partial charge in [0.15, 0.2) is 5.82 Å². The molecule has 10 rings (SSSR count). The number of halogens is 2. The maximum absolute atomic E-state index is 16.8. The van der Waals surface area contributed by atoms with Crippen LogP contribution in [-0.2, 0) is 4.79 Å². The van der Waals surface area contributed by atoms with Gasteiger partial charge in [0.1, 0.15) is 23.1 Å². The predicted octanol–water partition coefficient (Wildman–Crippen LogP) is 9.07. The number of unbranched alkanes of at least 4 members (excludes halogenated alkanes) is 3. The molecule has 17 heteroatoms. The summed E-state index contributed by atoms with van der Waals surface area (Å²) in [7, 11) is 5.00. The molecule has 2 atom stereocenters. The maximum atomic E-state index is 16.8. The fourth-order valence-electron chi connectivity index (χ4n) is 12.9. The van der Waals surface area contributed by atoms with Crippen molar-refractivity contribution in [2.45, 2.75) is 89.1 Å². The van der Waals surface area contributed by atoms with Crippen molar-refractivity contribution in [3.8, 4) is 16.9 Å². The Kier molecular flexibility index (Phi) is 17.4. The van der Waals surface area contributed by atoms with Crippen LogP contribution in [0.1, 0.15) is 93.1 Å². The van der Waals surface area contributed by atoms with Gasteiger partial charge in [-0.1, -0.05) is 37.8 Å². The number of methoxy groups -OCH3 is 1. The maximum Gasteiger partial charge on any atom is 0.269 e. The highest BCUT2D eigenvalue weighted by atomic mass is 19.1. The number of nitrogens with zero attached hydrogens (tertiary/aromatic N) is 9. The standard InChI is InChI=1S/C61H80F2N12O3/c1-68(2)61(77)53-41-52-51(40-50(59(63)60(52)67-53)44-12-9-26-72(42-44)58(76)22-30-73(65)32-23-64)49-17-16-46(38-56(49)78-3)71-35-33-69(34-36-71)25-7-5-4-6-11-43-19-28-70(29-20-43)47-18-24-66-57(39-47)75-31-21-55-54(75)15-10-27-74(55)48-14-8-13-45(62)37-48/h8,12-14,16-18,23-24,32,37-41,43,54-55,67H,4-7,9-11,15,19-22,25-31,33-36,42,64-65H2,1-3H3/b32-23-. The molecule has 5 N–H and O–H groups in total. The van der Waals surface area contributed by atoms with Crippen LogP contribution in [0.3, 0.4) is 0 Å². The molecular weight excluding hydrogens is 987 g/mol. The third-order valence-corrected chi connectivity index (χ3v) is 17.2. The minimum absolute atomic E-state index is 0.0829. The number of benzene rings is 3. The first kappa shape index (κ1) is 54.5. The number of fused-ring (bicyclic) bond motifs is 2. The second-order valence-electron chi connectivity index (χ2n) is 22.3. The molecule has 5 aliphatic rings. The first-order valence-corrected chi connectivity index (χ1v) is 28.6. The molecule has 5 aromatic rings. The number of anilines is 4. The third kappa shape index (κ3) is 12.2. The topological polar surface area (TPSA) is 150 Å². The Labute approximate surface area is 459 Å². The molecule has 78 heavy (non-hydrogen) atoms. The SMILES string of the molecule is COc1cc(N2CCN(CCCCCCC3CCN(c4ccnc(N5CCC6C5CCCN6c5cccc(F)c5)c4)CC3)CC2)ccc1-c1cc(C2=CCCN(C(=O)CCN(N)/C=C\N)C2)c(F)c2[nH]c(C(=O)N(C)C)cc12. The average Bonchev–Trinajstić information content (AvgIpc) is 4.18. The zero-order chi connectivity index (χ0) is 54.3. The van der Waals surface area contributed by atoms with Crippen LogP contribution in [0.4, 0.5) is 31.7 Å². The third-order valence-electron chi connectivity index (χ3n) is 17.2. The van der Waals surface area contributed by atoms with Crippen molar-refractivity contribution in [2.24, 2.45) is 17.5 Å². The summed E-state index contributed by atoms with van der Waals surface area (Å²) in [6, 6.07) is 22.2. The lowest BCUT2D eigenvalue weighted by Crippen LogP contribution is -2.50. The number of piperazine rings is 1. The van der Waals surface area contributed by atoms with E-state index in [2.05, 4.69) is 53.7 Å². The minimum Gasteiger partial charge on any atom is -0.496 e. The number of rotatable bonds is 19. The molecule has 2 unspecified atom stereocenters. The molecule has 3 aromatic carbocycles. The quantitative estimate of drug-likeness (QED) is 0.0412. The number of aromatic nitrogens is 2. The number of hydrogen-bond acceptors (Lipinski definition) is 12. The van der Waals surface area contributed by atoms with E-state index in [0.717, 1.165) is 112 Å². The summed E-state index contributed by atoms with van der Waals surface area (Å²) >= 11 is 0. The predicted molar refractivity (Wildman–Crippen MR) is 310 cm³/mol. The number of piperidine rings is 2. The summed E-state index contributed by atoms with van der Waals surface area (Å²) in [6.45, 7) is 10.1. The van der Waals surface area contributed by atoms with E-state index in [4.69, 9.17) is 21.3 Å². The van der Waals surface area contributed by atoms with Crippen LogP contribution in [0, 0.1) is 17.6 Å². The molecule has 0 spiro atoms. The Morgan fingerprint density at radius 3 is 2.36 bits per heavy atom. The molecule has 0 radical (unpaired) electrons. The van der Waals surface area contributed by atoms with Crippen molar-refractivity contribution in [1.82, 2.24) is 29.7 Å². The summed E-state index contributed by atoms with van der Waals surface area (Å²) in [5.74, 6) is 7.46. The van der Waals surface area contributed by atoms with Gasteiger partial charge in [0, 0.05) is 157 Å². The molecule has 15 nitrogen and oxygen atoms in total. The van der Waals surface area contributed by atoms with Crippen molar-refractivity contribution < 1.29 is 23.1 Å². The van der Waals surface area contributed by atoms with Gasteiger partial charge in [-0.2, -0.15) is 0 Å². The highest BCUT2D eigenvalue weighted by Gasteiger charge is 2.41. The van der Waals surface area contributed by atoms with Crippen LogP contribution in [0.15, 0.2) is 91.4 Å². The van der Waals surface area contributed by atoms with Crippen LogP contribution in [-0.4, -0.2) is 153 Å². The molecular formula is C61H80F2N12O3. The average molecular weight is 1070 g/mol. The molecule has 0 saturated carbocycles. The summed E-state index contributed by atoms with van der Waals surface area (Å²) in [6.07, 6.45) is 19.7. The summed E-state index contributed by atoms with van der Waals surface area (Å²) in [5.41, 5.74) is 11.9. The Morgan fingerprint density at radius 1 is 0.795 bits per heavy atom. The van der Waals surface area contributed by atoms with E-state index in [-0.39, 0.29) is 41.8 Å². The zero-order valence-electron chi connectivity index (χ0n) is 46.0. The van der Waals surface area contributed by atoms with Gasteiger partial charge in [0.2, 0.25) is 5.91 Å². The number of amides is 2. The van der Waals surface area contributed by atoms with E-state index < -0.39 is 5.82 Å². The van der Waals surface area contributed by atoms with Crippen molar-refractivity contribution in [1.29, 1.82) is 0 Å². The number of hydrazine groups is 1. The molecule has 0 aliphatic carbocycles. The zero-order valence-corrected chi connectivity index (χ0v) is 46.0. The van der Waals surface area contributed by atoms with Crippen LogP contribution >= 0.6 is 0 Å². The Morgan fingerprint density at radius 2 is 1.58 bits per heavy atom. The van der Waals surface area contributed by atoms with Crippen molar-refractivity contribution in [2.75, 3.05) is 119 Å². The van der Waals surface area contributed by atoms with Gasteiger partial charge >= 0.3 is 0 Å². The molecule has 0 bridgehead atoms. The smallest absolute Gasteiger partial charge is 0.269 e. The number of H-pyrrole nitrogens is 1. The van der Waals surface area contributed by atoms with E-state index in [1.165, 1.54) is 79.0 Å². The van der Waals surface area contributed by atoms with Gasteiger partial charge < -0.3 is 49.9 Å². The highest BCUT2D eigenvalue weighted by Crippen LogP contribution is 2.43. The van der Waals surface area contributed by atoms with Gasteiger partial charge in [-0.05, 0) is 117 Å². The lowest BCUT2D eigenvalue weighted by atomic mass is 9.91. The van der Waals surface area contributed by atoms with E-state index in [0.29, 0.717) is 53.9 Å². The van der Waals surface area contributed by atoms with Crippen LogP contribution < -0.4 is 35.9 Å². The second-order valence-corrected chi connectivity index (χ2v) is 22.3. The Hall–Kier alpha value is -6.85. The number of carbonyl (C=O) groups excluding carboxylic acids is 2. The summed E-state index contributed by atoms with van der Waals surface area (Å²) < 4.78 is 37.0. The van der Waals surface area contributed by atoms with Gasteiger partial charge in [0.05, 0.1) is 24.7 Å². The number of hydrogen-bond donors (Lipinski definition) is 3. The van der Waals surface area contributed by atoms with Crippen LogP contribution in [0.2, 0.25) is 0 Å². The second kappa shape index (κ2) is 24.9. The number of ether oxygens (including phenoxy) is 1. The van der Waals surface area contributed by atoms with Gasteiger partial charge in [-0.3, -0.25) is 14.5 Å². The van der Waals surface area contributed by atoms with Gasteiger partial charge in [0.25, 0.3) is 5.91 Å². The Bertz CT molecular complexity index is 2950. The fourth-order valence-corrected chi connectivity index (χ4v) is 12.9. The molecule has 416 valence electrons. The fraction of sp³-hybridized carbons (Fsp3) is 0.492. The van der Waals surface area contributed by atoms with Crippen LogP contribution in [0.25, 0.3) is 27.6 Å². The molecule has 7 heterocycles. The number of carbonyl (C=O) groups is 2. The molecule has 4 saturated heterocycles. The normalized spacial score (nSPS) is 19.5. The first-order valence-electron chi connectivity index (χ1n) is 28.6. The number of nitrogens with two attached hydrogens (primary N) is 2. The molecule has 2 amide bonds. The number of aromatic amines is 1.